The lowest BCUT2D eigenvalue weighted by Gasteiger charge is -2.11. The molecule has 3 rings (SSSR count). The Balaban J connectivity index is 1.59. The van der Waals surface area contributed by atoms with Crippen molar-refractivity contribution in [3.8, 4) is 11.4 Å². The highest BCUT2D eigenvalue weighted by Crippen LogP contribution is 2.23. The van der Waals surface area contributed by atoms with Crippen molar-refractivity contribution in [3.05, 3.63) is 82.9 Å². The van der Waals surface area contributed by atoms with Crippen molar-refractivity contribution in [2.45, 2.75) is 20.8 Å². The van der Waals surface area contributed by atoms with Gasteiger partial charge in [0.25, 0.3) is 0 Å². The lowest BCUT2D eigenvalue weighted by Crippen LogP contribution is -2.20. The van der Waals surface area contributed by atoms with E-state index < -0.39 is 24.2 Å². The third-order valence-electron chi connectivity index (χ3n) is 4.81. The molecular formula is C24H22FNO5. The molecule has 160 valence electrons. The molecule has 0 unspecified atom stereocenters. The van der Waals surface area contributed by atoms with Crippen LogP contribution in [0.5, 0.6) is 5.75 Å². The van der Waals surface area contributed by atoms with E-state index >= 15 is 0 Å². The van der Waals surface area contributed by atoms with Gasteiger partial charge in [0.05, 0.1) is 5.69 Å². The molecule has 0 fully saturated rings. The third kappa shape index (κ3) is 5.06. The Labute approximate surface area is 179 Å². The average molecular weight is 423 g/mol. The van der Waals surface area contributed by atoms with Crippen LogP contribution in [0, 0.1) is 19.7 Å². The number of ether oxygens (including phenoxy) is 2. The van der Waals surface area contributed by atoms with Gasteiger partial charge in [-0.05, 0) is 63.2 Å². The Kier molecular flexibility index (Phi) is 6.65. The Morgan fingerprint density at radius 2 is 1.65 bits per heavy atom. The summed E-state index contributed by atoms with van der Waals surface area (Å²) in [6, 6.07) is 14.3. The average Bonchev–Trinajstić information content (AvgIpc) is 3.05. The SMILES string of the molecule is CC(=O)c1ccc(OCC(=O)OCC(=O)c2cc(C)n(-c3ccccc3F)c2C)cc1. The van der Waals surface area contributed by atoms with Crippen molar-refractivity contribution in [3.63, 3.8) is 0 Å². The monoisotopic (exact) mass is 423 g/mol. The van der Waals surface area contributed by atoms with E-state index in [4.69, 9.17) is 9.47 Å². The molecule has 0 bridgehead atoms. The number of halogens is 1. The van der Waals surface area contributed by atoms with Crippen LogP contribution in [-0.4, -0.2) is 35.3 Å². The molecule has 0 saturated carbocycles. The number of Topliss-reactive ketones (excluding diaryl/α,β-unsaturated/α-hetero) is 2. The number of hydrogen-bond donors (Lipinski definition) is 0. The highest BCUT2D eigenvalue weighted by molar-refractivity contribution is 5.99. The van der Waals surface area contributed by atoms with Crippen molar-refractivity contribution >= 4 is 17.5 Å². The van der Waals surface area contributed by atoms with Crippen molar-refractivity contribution in [1.82, 2.24) is 4.57 Å². The maximum absolute atomic E-state index is 14.2. The van der Waals surface area contributed by atoms with Gasteiger partial charge in [0.2, 0.25) is 5.78 Å². The van der Waals surface area contributed by atoms with Crippen molar-refractivity contribution in [2.24, 2.45) is 0 Å². The molecule has 7 heteroatoms. The van der Waals surface area contributed by atoms with Gasteiger partial charge in [0.15, 0.2) is 19.0 Å². The number of benzene rings is 2. The van der Waals surface area contributed by atoms with Crippen LogP contribution in [0.4, 0.5) is 4.39 Å². The molecule has 0 aliphatic carbocycles. The highest BCUT2D eigenvalue weighted by Gasteiger charge is 2.19. The number of aryl methyl sites for hydroxylation is 1. The maximum Gasteiger partial charge on any atom is 0.344 e. The van der Waals surface area contributed by atoms with Gasteiger partial charge in [0.1, 0.15) is 11.6 Å². The molecular weight excluding hydrogens is 401 g/mol. The molecule has 2 aromatic carbocycles. The summed E-state index contributed by atoms with van der Waals surface area (Å²) in [5, 5.41) is 0. The maximum atomic E-state index is 14.2. The summed E-state index contributed by atoms with van der Waals surface area (Å²) in [5.41, 5.74) is 2.49. The molecule has 1 aromatic heterocycles. The van der Waals surface area contributed by atoms with Crippen molar-refractivity contribution in [2.75, 3.05) is 13.2 Å². The first kappa shape index (κ1) is 22.0. The van der Waals surface area contributed by atoms with Gasteiger partial charge in [-0.25, -0.2) is 9.18 Å². The van der Waals surface area contributed by atoms with E-state index in [0.29, 0.717) is 34.0 Å². The fourth-order valence-corrected chi connectivity index (χ4v) is 3.24. The Hall–Kier alpha value is -3.74. The topological polar surface area (TPSA) is 74.6 Å². The number of ketones is 2. The van der Waals surface area contributed by atoms with Crippen LogP contribution in [0.1, 0.15) is 39.0 Å². The van der Waals surface area contributed by atoms with Crippen LogP contribution in [0.15, 0.2) is 54.6 Å². The minimum absolute atomic E-state index is 0.0705. The van der Waals surface area contributed by atoms with Crippen LogP contribution in [0.3, 0.4) is 0 Å². The second-order valence-corrected chi connectivity index (χ2v) is 7.02. The van der Waals surface area contributed by atoms with Gasteiger partial charge in [-0.15, -0.1) is 0 Å². The molecule has 0 aliphatic rings. The van der Waals surface area contributed by atoms with E-state index in [1.165, 1.54) is 13.0 Å². The largest absolute Gasteiger partial charge is 0.482 e. The summed E-state index contributed by atoms with van der Waals surface area (Å²) in [6.07, 6.45) is 0. The minimum Gasteiger partial charge on any atom is -0.482 e. The smallest absolute Gasteiger partial charge is 0.344 e. The summed E-state index contributed by atoms with van der Waals surface area (Å²) < 4.78 is 26.2. The van der Waals surface area contributed by atoms with Gasteiger partial charge in [-0.2, -0.15) is 0 Å². The lowest BCUT2D eigenvalue weighted by atomic mass is 10.1. The normalized spacial score (nSPS) is 10.6. The van der Waals surface area contributed by atoms with Gasteiger partial charge >= 0.3 is 5.97 Å². The quantitative estimate of drug-likeness (QED) is 0.400. The summed E-state index contributed by atoms with van der Waals surface area (Å²) in [7, 11) is 0. The predicted molar refractivity (Wildman–Crippen MR) is 112 cm³/mol. The zero-order valence-electron chi connectivity index (χ0n) is 17.5. The second-order valence-electron chi connectivity index (χ2n) is 7.02. The first-order valence-electron chi connectivity index (χ1n) is 9.64. The molecule has 0 spiro atoms. The predicted octanol–water partition coefficient (Wildman–Crippen LogP) is 4.24. The fourth-order valence-electron chi connectivity index (χ4n) is 3.24. The van der Waals surface area contributed by atoms with Crippen LogP contribution < -0.4 is 4.74 Å². The number of rotatable bonds is 8. The number of nitrogens with zero attached hydrogens (tertiary/aromatic N) is 1. The van der Waals surface area contributed by atoms with E-state index in [-0.39, 0.29) is 12.4 Å². The van der Waals surface area contributed by atoms with Gasteiger partial charge in [-0.3, -0.25) is 9.59 Å². The number of carbonyl (C=O) groups excluding carboxylic acids is 3. The molecule has 0 aliphatic heterocycles. The van der Waals surface area contributed by atoms with Gasteiger partial charge < -0.3 is 14.0 Å². The molecule has 0 amide bonds. The van der Waals surface area contributed by atoms with E-state index in [0.717, 1.165) is 0 Å². The van der Waals surface area contributed by atoms with E-state index in [9.17, 15) is 18.8 Å². The van der Waals surface area contributed by atoms with Gasteiger partial charge in [0, 0.05) is 22.5 Å². The highest BCUT2D eigenvalue weighted by atomic mass is 19.1. The summed E-state index contributed by atoms with van der Waals surface area (Å²) in [6.45, 7) is 4.11. The molecule has 0 saturated heterocycles. The Morgan fingerprint density at radius 3 is 2.29 bits per heavy atom. The molecule has 31 heavy (non-hydrogen) atoms. The zero-order chi connectivity index (χ0) is 22.5. The number of hydrogen-bond acceptors (Lipinski definition) is 5. The van der Waals surface area contributed by atoms with Crippen LogP contribution in [0.25, 0.3) is 5.69 Å². The molecule has 0 atom stereocenters. The number of esters is 1. The van der Waals surface area contributed by atoms with Crippen LogP contribution in [-0.2, 0) is 9.53 Å². The van der Waals surface area contributed by atoms with Crippen LogP contribution >= 0.6 is 0 Å². The number of para-hydroxylation sites is 1. The van der Waals surface area contributed by atoms with Gasteiger partial charge in [-0.1, -0.05) is 12.1 Å². The van der Waals surface area contributed by atoms with Crippen molar-refractivity contribution in [1.29, 1.82) is 0 Å². The lowest BCUT2D eigenvalue weighted by molar-refractivity contribution is -0.144. The van der Waals surface area contributed by atoms with Crippen LogP contribution in [0.2, 0.25) is 0 Å². The first-order chi connectivity index (χ1) is 14.8. The molecule has 6 nitrogen and oxygen atoms in total. The number of aromatic nitrogens is 1. The summed E-state index contributed by atoms with van der Waals surface area (Å²) in [4.78, 5) is 35.8. The molecule has 0 N–H and O–H groups in total. The van der Waals surface area contributed by atoms with Crippen molar-refractivity contribution < 1.29 is 28.2 Å². The Bertz CT molecular complexity index is 1130. The second kappa shape index (κ2) is 9.38. The Morgan fingerprint density at radius 1 is 0.968 bits per heavy atom. The minimum atomic E-state index is -0.702. The summed E-state index contributed by atoms with van der Waals surface area (Å²) >= 11 is 0. The first-order valence-corrected chi connectivity index (χ1v) is 9.64. The summed E-state index contributed by atoms with van der Waals surface area (Å²) in [5.74, 6) is -1.16. The molecule has 3 aromatic rings. The fraction of sp³-hybridized carbons (Fsp3) is 0.208. The molecule has 0 radical (unpaired) electrons. The zero-order valence-corrected chi connectivity index (χ0v) is 17.5. The van der Waals surface area contributed by atoms with E-state index in [1.807, 2.05) is 0 Å². The van der Waals surface area contributed by atoms with E-state index in [1.54, 1.807) is 66.9 Å². The standard InChI is InChI=1S/C24H22FNO5/c1-15-12-20(16(2)26(15)22-7-5-4-6-21(22)25)23(28)13-31-24(29)14-30-19-10-8-18(9-11-19)17(3)27/h4-12H,13-14H2,1-3H3. The van der Waals surface area contributed by atoms with E-state index in [2.05, 4.69) is 0 Å². The molecule has 1 heterocycles. The number of carbonyl (C=O) groups is 3. The third-order valence-corrected chi connectivity index (χ3v) is 4.81.